The quantitative estimate of drug-likeness (QED) is 0.0677. The number of hydrogen-bond acceptors (Lipinski definition) is 13. The highest BCUT2D eigenvalue weighted by Crippen LogP contribution is 2.23. The second-order valence-corrected chi connectivity index (χ2v) is 18.4. The summed E-state index contributed by atoms with van der Waals surface area (Å²) >= 11 is 0. The van der Waals surface area contributed by atoms with Crippen LogP contribution in [0.3, 0.4) is 0 Å². The summed E-state index contributed by atoms with van der Waals surface area (Å²) in [5.41, 5.74) is -5.13. The van der Waals surface area contributed by atoms with Gasteiger partial charge in [-0.25, -0.2) is 28.8 Å². The number of allylic oxidation sites excluding steroid dienone is 1. The van der Waals surface area contributed by atoms with Gasteiger partial charge in [-0.3, -0.25) is 0 Å². The largest absolute Gasteiger partial charge is 0.458 e. The summed E-state index contributed by atoms with van der Waals surface area (Å²) in [7, 11) is 0. The second-order valence-electron chi connectivity index (χ2n) is 18.4. The number of amides is 4. The van der Waals surface area contributed by atoms with Crippen LogP contribution in [0.1, 0.15) is 150 Å². The number of rotatable bonds is 10. The first kappa shape index (κ1) is 51.9. The van der Waals surface area contributed by atoms with Crippen molar-refractivity contribution in [1.82, 2.24) is 9.80 Å². The SMILES string of the molecule is CC(C)(C)OC(=O)[C@H](CCC=O)N(C(=O)OC(C)(C)C)C(=O)OC(C)(C)C.CC(C)(C)OC(=O)[C@H](CCC=[13CH2])N(C(=O)OC(C)(C)C)C(=O)OC(C)(C)C. The Hall–Kier alpha value is -4.17. The van der Waals surface area contributed by atoms with Crippen LogP contribution < -0.4 is 0 Å². The minimum atomic E-state index is -1.35. The van der Waals surface area contributed by atoms with Gasteiger partial charge < -0.3 is 33.2 Å². The molecule has 0 bridgehead atoms. The zero-order valence-corrected chi connectivity index (χ0v) is 36.0. The monoisotopic (exact) mass is 773 g/mol. The molecule has 312 valence electrons. The van der Waals surface area contributed by atoms with Crippen molar-refractivity contribution in [2.24, 2.45) is 0 Å². The fraction of sp³-hybridized carbons (Fsp3) is 0.769. The summed E-state index contributed by atoms with van der Waals surface area (Å²) < 4.78 is 31.9. The van der Waals surface area contributed by atoms with Crippen molar-refractivity contribution in [2.75, 3.05) is 0 Å². The highest BCUT2D eigenvalue weighted by Gasteiger charge is 2.43. The molecule has 0 saturated carbocycles. The fourth-order valence-electron chi connectivity index (χ4n) is 3.85. The highest BCUT2D eigenvalue weighted by atomic mass is 16.6. The Morgan fingerprint density at radius 1 is 0.444 bits per heavy atom. The van der Waals surface area contributed by atoms with Gasteiger partial charge in [0, 0.05) is 6.42 Å². The molecule has 0 rings (SSSR count). The van der Waals surface area contributed by atoms with E-state index >= 15 is 0 Å². The summed E-state index contributed by atoms with van der Waals surface area (Å²) in [5, 5.41) is 0. The molecule has 0 aliphatic rings. The van der Waals surface area contributed by atoms with E-state index in [9.17, 15) is 33.6 Å². The molecule has 0 heterocycles. The van der Waals surface area contributed by atoms with E-state index in [0.717, 1.165) is 0 Å². The number of hydrogen-bond donors (Lipinski definition) is 0. The van der Waals surface area contributed by atoms with Crippen molar-refractivity contribution in [3.63, 3.8) is 0 Å². The van der Waals surface area contributed by atoms with Gasteiger partial charge in [-0.1, -0.05) is 6.08 Å². The standard InChI is InChI=1S/C20H35NO6.C19H33NO7/c1-11-12-13-14(15(22)25-18(2,3)4)21(16(23)26-19(5,6)7)17(24)27-20(8,9)10;1-17(2,3)25-14(22)13(11-10-12-21)20(15(23)26-18(4,5)6)16(24)27-19(7,8)9/h11,14H,1,12-13H2,2-10H3;12-13H,10-11H2,1-9H3/t14-;13-/m00/s1/i1+1;. The van der Waals surface area contributed by atoms with Gasteiger partial charge in [0.25, 0.3) is 0 Å². The minimum absolute atomic E-state index is 0.0496. The molecule has 0 aromatic rings. The van der Waals surface area contributed by atoms with Gasteiger partial charge in [-0.2, -0.15) is 9.80 Å². The number of carbonyl (C=O) groups excluding carboxylic acids is 7. The topological polar surface area (TPSA) is 181 Å². The van der Waals surface area contributed by atoms with Crippen LogP contribution in [-0.4, -0.2) is 98.1 Å². The molecule has 0 N–H and O–H groups in total. The molecule has 0 aromatic carbocycles. The lowest BCUT2D eigenvalue weighted by Crippen LogP contribution is -2.53. The summed E-state index contributed by atoms with van der Waals surface area (Å²) in [5.74, 6) is -1.53. The van der Waals surface area contributed by atoms with E-state index < -0.39 is 82.0 Å². The van der Waals surface area contributed by atoms with Crippen LogP contribution in [0.2, 0.25) is 0 Å². The first-order chi connectivity index (χ1) is 23.9. The molecular weight excluding hydrogens is 705 g/mol. The summed E-state index contributed by atoms with van der Waals surface area (Å²) in [4.78, 5) is 88.3. The Bertz CT molecular complexity index is 1140. The van der Waals surface area contributed by atoms with Crippen LogP contribution in [0, 0.1) is 0 Å². The average Bonchev–Trinajstić information content (AvgIpc) is 2.87. The van der Waals surface area contributed by atoms with Crippen molar-refractivity contribution in [2.45, 2.75) is 196 Å². The predicted molar refractivity (Wildman–Crippen MR) is 203 cm³/mol. The van der Waals surface area contributed by atoms with E-state index in [1.807, 2.05) is 0 Å². The Kier molecular flexibility index (Phi) is 19.7. The number of esters is 2. The molecule has 2 atom stereocenters. The van der Waals surface area contributed by atoms with Crippen molar-refractivity contribution in [3.8, 4) is 0 Å². The van der Waals surface area contributed by atoms with Crippen molar-refractivity contribution in [1.29, 1.82) is 0 Å². The first-order valence-electron chi connectivity index (χ1n) is 17.9. The third-order valence-electron chi connectivity index (χ3n) is 5.54. The van der Waals surface area contributed by atoms with Crippen molar-refractivity contribution < 1.29 is 62.0 Å². The number of nitrogens with zero attached hydrogens (tertiary/aromatic N) is 2. The zero-order valence-electron chi connectivity index (χ0n) is 36.0. The van der Waals surface area contributed by atoms with Crippen molar-refractivity contribution in [3.05, 3.63) is 12.7 Å². The molecule has 0 fully saturated rings. The van der Waals surface area contributed by atoms with E-state index in [1.165, 1.54) is 0 Å². The Labute approximate surface area is 322 Å². The van der Waals surface area contributed by atoms with Gasteiger partial charge in [-0.15, -0.1) is 6.58 Å². The van der Waals surface area contributed by atoms with Crippen LogP contribution in [-0.2, 0) is 42.8 Å². The molecule has 0 unspecified atom stereocenters. The Morgan fingerprint density at radius 2 is 0.667 bits per heavy atom. The third kappa shape index (κ3) is 24.2. The first-order valence-corrected chi connectivity index (χ1v) is 17.9. The van der Waals surface area contributed by atoms with E-state index in [4.69, 9.17) is 28.4 Å². The fourth-order valence-corrected chi connectivity index (χ4v) is 3.85. The molecule has 0 aromatic heterocycles. The number of carbonyl (C=O) groups is 7. The molecule has 0 spiro atoms. The Balaban J connectivity index is 0. The normalized spacial score (nSPS) is 13.4. The maximum Gasteiger partial charge on any atom is 0.420 e. The van der Waals surface area contributed by atoms with E-state index in [-0.39, 0.29) is 19.3 Å². The van der Waals surface area contributed by atoms with Gasteiger partial charge in [-0.05, 0) is 144 Å². The average molecular weight is 774 g/mol. The lowest BCUT2D eigenvalue weighted by atomic mass is 10.1. The van der Waals surface area contributed by atoms with Crippen LogP contribution >= 0.6 is 0 Å². The van der Waals surface area contributed by atoms with Crippen molar-refractivity contribution >= 4 is 42.6 Å². The molecule has 54 heavy (non-hydrogen) atoms. The summed E-state index contributed by atoms with van der Waals surface area (Å²) in [6.07, 6.45) is -1.42. The van der Waals surface area contributed by atoms with E-state index in [1.54, 1.807) is 131 Å². The maximum absolute atomic E-state index is 12.7. The van der Waals surface area contributed by atoms with Gasteiger partial charge >= 0.3 is 36.3 Å². The molecule has 0 aliphatic carbocycles. The second kappa shape index (κ2) is 20.5. The van der Waals surface area contributed by atoms with Gasteiger partial charge in [0.1, 0.15) is 52.0 Å². The Morgan fingerprint density at radius 3 is 0.852 bits per heavy atom. The molecule has 4 amide bonds. The maximum atomic E-state index is 12.7. The molecular formula is C39H68N2O13. The number of imide groups is 2. The van der Waals surface area contributed by atoms with Crippen LogP contribution in [0.25, 0.3) is 0 Å². The molecule has 0 saturated heterocycles. The summed E-state index contributed by atoms with van der Waals surface area (Å²) in [6, 6.07) is -2.54. The van der Waals surface area contributed by atoms with Gasteiger partial charge in [0.2, 0.25) is 0 Å². The summed E-state index contributed by atoms with van der Waals surface area (Å²) in [6.45, 7) is 33.6. The molecule has 0 aliphatic heterocycles. The van der Waals surface area contributed by atoms with E-state index in [0.29, 0.717) is 22.5 Å². The van der Waals surface area contributed by atoms with Crippen LogP contribution in [0.4, 0.5) is 19.2 Å². The van der Waals surface area contributed by atoms with Gasteiger partial charge in [0.05, 0.1) is 0 Å². The van der Waals surface area contributed by atoms with Crippen LogP contribution in [0.5, 0.6) is 0 Å². The van der Waals surface area contributed by atoms with Crippen LogP contribution in [0.15, 0.2) is 12.7 Å². The molecule has 0 radical (unpaired) electrons. The van der Waals surface area contributed by atoms with Gasteiger partial charge in [0.15, 0.2) is 0 Å². The lowest BCUT2D eigenvalue weighted by Gasteiger charge is -2.33. The predicted octanol–water partition coefficient (Wildman–Crippen LogP) is 8.68. The highest BCUT2D eigenvalue weighted by molar-refractivity contribution is 5.95. The zero-order chi connectivity index (χ0) is 43.3. The number of ether oxygens (including phenoxy) is 6. The minimum Gasteiger partial charge on any atom is -0.458 e. The molecule has 15 heteroatoms. The molecule has 15 nitrogen and oxygen atoms in total. The smallest absolute Gasteiger partial charge is 0.420 e. The third-order valence-corrected chi connectivity index (χ3v) is 5.54. The lowest BCUT2D eigenvalue weighted by molar-refractivity contribution is -0.162. The van der Waals surface area contributed by atoms with E-state index in [2.05, 4.69) is 6.58 Å². The number of aldehydes is 1.